The Morgan fingerprint density at radius 2 is 1.72 bits per heavy atom. The molecule has 3 rings (SSSR count). The molecular weight excluding hydrogens is 388 g/mol. The molecule has 0 saturated carbocycles. The Morgan fingerprint density at radius 3 is 2.38 bits per heavy atom. The number of carbonyl (C=O) groups is 1. The Morgan fingerprint density at radius 1 is 1.00 bits per heavy atom. The van der Waals surface area contributed by atoms with E-state index < -0.39 is 0 Å². The van der Waals surface area contributed by atoms with Gasteiger partial charge >= 0.3 is 0 Å². The SMILES string of the molecule is CCCOc1ccc(C(=O)Nc2ccc(OCc3ccc(Cl)cc3)cc2)cc1N. The van der Waals surface area contributed by atoms with Gasteiger partial charge in [0, 0.05) is 16.3 Å². The molecule has 0 heterocycles. The van der Waals surface area contributed by atoms with Gasteiger partial charge in [-0.15, -0.1) is 0 Å². The van der Waals surface area contributed by atoms with Crippen LogP contribution in [-0.2, 0) is 6.61 Å². The lowest BCUT2D eigenvalue weighted by molar-refractivity contribution is 0.102. The van der Waals surface area contributed by atoms with Gasteiger partial charge in [-0.1, -0.05) is 30.7 Å². The topological polar surface area (TPSA) is 73.6 Å². The molecule has 0 aliphatic rings. The first-order valence-electron chi connectivity index (χ1n) is 9.36. The van der Waals surface area contributed by atoms with E-state index >= 15 is 0 Å². The minimum Gasteiger partial charge on any atom is -0.491 e. The van der Waals surface area contributed by atoms with E-state index in [2.05, 4.69) is 5.32 Å². The minimum absolute atomic E-state index is 0.242. The summed E-state index contributed by atoms with van der Waals surface area (Å²) in [6.45, 7) is 3.04. The lowest BCUT2D eigenvalue weighted by atomic mass is 10.1. The third-order valence-electron chi connectivity index (χ3n) is 4.16. The van der Waals surface area contributed by atoms with Crippen molar-refractivity contribution in [3.8, 4) is 11.5 Å². The largest absolute Gasteiger partial charge is 0.491 e. The van der Waals surface area contributed by atoms with Crippen LogP contribution in [0.3, 0.4) is 0 Å². The van der Waals surface area contributed by atoms with Crippen LogP contribution in [0.15, 0.2) is 66.7 Å². The van der Waals surface area contributed by atoms with Crippen molar-refractivity contribution in [3.63, 3.8) is 0 Å². The van der Waals surface area contributed by atoms with Gasteiger partial charge in [0.2, 0.25) is 0 Å². The number of halogens is 1. The van der Waals surface area contributed by atoms with E-state index in [9.17, 15) is 4.79 Å². The second-order valence-corrected chi connectivity index (χ2v) is 6.93. The Hall–Kier alpha value is -3.18. The molecule has 0 spiro atoms. The monoisotopic (exact) mass is 410 g/mol. The predicted octanol–water partition coefficient (Wildman–Crippen LogP) is 5.54. The van der Waals surface area contributed by atoms with Crippen LogP contribution in [0.25, 0.3) is 0 Å². The predicted molar refractivity (Wildman–Crippen MR) is 117 cm³/mol. The fourth-order valence-corrected chi connectivity index (χ4v) is 2.74. The number of nitrogens with two attached hydrogens (primary N) is 1. The molecule has 6 heteroatoms. The van der Waals surface area contributed by atoms with E-state index in [0.717, 1.165) is 12.0 Å². The summed E-state index contributed by atoms with van der Waals surface area (Å²) in [6.07, 6.45) is 0.890. The van der Waals surface area contributed by atoms with Crippen LogP contribution in [-0.4, -0.2) is 12.5 Å². The smallest absolute Gasteiger partial charge is 0.255 e. The van der Waals surface area contributed by atoms with Crippen molar-refractivity contribution >= 4 is 28.9 Å². The van der Waals surface area contributed by atoms with E-state index in [0.29, 0.717) is 46.7 Å². The maximum atomic E-state index is 12.5. The summed E-state index contributed by atoms with van der Waals surface area (Å²) in [4.78, 5) is 12.5. The molecule has 1 amide bonds. The summed E-state index contributed by atoms with van der Waals surface area (Å²) >= 11 is 5.88. The number of hydrogen-bond donors (Lipinski definition) is 2. The average Bonchev–Trinajstić information content (AvgIpc) is 2.73. The zero-order valence-electron chi connectivity index (χ0n) is 16.2. The molecule has 0 atom stereocenters. The number of rotatable bonds is 8. The van der Waals surface area contributed by atoms with Crippen molar-refractivity contribution in [1.29, 1.82) is 0 Å². The van der Waals surface area contributed by atoms with Crippen molar-refractivity contribution in [2.45, 2.75) is 20.0 Å². The van der Waals surface area contributed by atoms with E-state index in [4.69, 9.17) is 26.8 Å². The van der Waals surface area contributed by atoms with Crippen molar-refractivity contribution in [3.05, 3.63) is 82.9 Å². The summed E-state index contributed by atoms with van der Waals surface area (Å²) < 4.78 is 11.3. The fourth-order valence-electron chi connectivity index (χ4n) is 2.62. The highest BCUT2D eigenvalue weighted by molar-refractivity contribution is 6.30. The van der Waals surface area contributed by atoms with Crippen LogP contribution in [0.2, 0.25) is 5.02 Å². The molecule has 0 radical (unpaired) electrons. The van der Waals surface area contributed by atoms with E-state index in [-0.39, 0.29) is 5.91 Å². The molecule has 5 nitrogen and oxygen atoms in total. The standard InChI is InChI=1S/C23H23ClN2O3/c1-2-13-28-22-12-5-17(14-21(22)25)23(27)26-19-8-10-20(11-9-19)29-15-16-3-6-18(24)7-4-16/h3-12,14H,2,13,15,25H2,1H3,(H,26,27). The van der Waals surface area contributed by atoms with E-state index in [1.165, 1.54) is 0 Å². The number of hydrogen-bond acceptors (Lipinski definition) is 4. The van der Waals surface area contributed by atoms with Gasteiger partial charge in [0.1, 0.15) is 18.1 Å². The maximum absolute atomic E-state index is 12.5. The van der Waals surface area contributed by atoms with Crippen LogP contribution in [0, 0.1) is 0 Å². The quantitative estimate of drug-likeness (QED) is 0.478. The van der Waals surface area contributed by atoms with Crippen LogP contribution >= 0.6 is 11.6 Å². The highest BCUT2D eigenvalue weighted by atomic mass is 35.5. The van der Waals surface area contributed by atoms with Crippen LogP contribution in [0.4, 0.5) is 11.4 Å². The van der Waals surface area contributed by atoms with Gasteiger partial charge in [0.15, 0.2) is 0 Å². The number of anilines is 2. The minimum atomic E-state index is -0.242. The number of amides is 1. The Labute approximate surface area is 175 Å². The summed E-state index contributed by atoms with van der Waals surface area (Å²) in [5.74, 6) is 1.05. The maximum Gasteiger partial charge on any atom is 0.255 e. The van der Waals surface area contributed by atoms with Crippen molar-refractivity contribution < 1.29 is 14.3 Å². The Balaban J connectivity index is 1.56. The van der Waals surface area contributed by atoms with Gasteiger partial charge in [-0.25, -0.2) is 0 Å². The van der Waals surface area contributed by atoms with Crippen molar-refractivity contribution in [2.75, 3.05) is 17.7 Å². The summed E-state index contributed by atoms with van der Waals surface area (Å²) in [5, 5.41) is 3.54. The number of nitrogen functional groups attached to an aromatic ring is 1. The molecule has 0 aliphatic carbocycles. The van der Waals surface area contributed by atoms with Gasteiger partial charge < -0.3 is 20.5 Å². The third kappa shape index (κ3) is 5.90. The molecule has 150 valence electrons. The molecule has 0 unspecified atom stereocenters. The van der Waals surface area contributed by atoms with Gasteiger partial charge in [-0.2, -0.15) is 0 Å². The second-order valence-electron chi connectivity index (χ2n) is 6.49. The molecule has 0 bridgehead atoms. The lowest BCUT2D eigenvalue weighted by Gasteiger charge is -2.11. The zero-order chi connectivity index (χ0) is 20.6. The van der Waals surface area contributed by atoms with Gasteiger partial charge in [0.25, 0.3) is 5.91 Å². The lowest BCUT2D eigenvalue weighted by Crippen LogP contribution is -2.12. The zero-order valence-corrected chi connectivity index (χ0v) is 16.9. The molecule has 29 heavy (non-hydrogen) atoms. The van der Waals surface area contributed by atoms with Crippen LogP contribution in [0.1, 0.15) is 29.3 Å². The summed E-state index contributed by atoms with van der Waals surface area (Å²) in [7, 11) is 0. The second kappa shape index (κ2) is 9.85. The van der Waals surface area contributed by atoms with E-state index in [1.54, 1.807) is 30.3 Å². The van der Waals surface area contributed by atoms with Gasteiger partial charge in [-0.05, 0) is 66.6 Å². The number of carbonyl (C=O) groups excluding carboxylic acids is 1. The molecule has 0 fully saturated rings. The molecule has 0 aliphatic heterocycles. The average molecular weight is 411 g/mol. The molecule has 3 aromatic rings. The fraction of sp³-hybridized carbons (Fsp3) is 0.174. The van der Waals surface area contributed by atoms with Crippen molar-refractivity contribution in [1.82, 2.24) is 0 Å². The first-order valence-corrected chi connectivity index (χ1v) is 9.74. The Bertz CT molecular complexity index is 957. The molecule has 3 N–H and O–H groups in total. The highest BCUT2D eigenvalue weighted by Gasteiger charge is 2.09. The number of benzene rings is 3. The normalized spacial score (nSPS) is 10.4. The van der Waals surface area contributed by atoms with Gasteiger partial charge in [-0.3, -0.25) is 4.79 Å². The Kier molecular flexibility index (Phi) is 6.98. The molecule has 3 aromatic carbocycles. The van der Waals surface area contributed by atoms with Gasteiger partial charge in [0.05, 0.1) is 12.3 Å². The highest BCUT2D eigenvalue weighted by Crippen LogP contribution is 2.24. The van der Waals surface area contributed by atoms with Crippen LogP contribution < -0.4 is 20.5 Å². The molecule has 0 aromatic heterocycles. The third-order valence-corrected chi connectivity index (χ3v) is 4.42. The number of nitrogens with one attached hydrogen (secondary N) is 1. The van der Waals surface area contributed by atoms with E-state index in [1.807, 2.05) is 43.3 Å². The molecular formula is C23H23ClN2O3. The number of ether oxygens (including phenoxy) is 2. The van der Waals surface area contributed by atoms with Crippen molar-refractivity contribution in [2.24, 2.45) is 0 Å². The molecule has 0 saturated heterocycles. The summed E-state index contributed by atoms with van der Waals surface area (Å²) in [6, 6.07) is 19.7. The summed E-state index contributed by atoms with van der Waals surface area (Å²) in [5.41, 5.74) is 8.57. The first-order chi connectivity index (χ1) is 14.0. The van der Waals surface area contributed by atoms with Crippen LogP contribution in [0.5, 0.6) is 11.5 Å². The first kappa shape index (κ1) is 20.6.